The molecule has 0 fully saturated rings. The molecule has 0 spiro atoms. The summed E-state index contributed by atoms with van der Waals surface area (Å²) in [7, 11) is 0. The molecule has 74 valence electrons. The Hall–Kier alpha value is -1.61. The molecular formula is C8H6F3N3. The van der Waals surface area contributed by atoms with Crippen molar-refractivity contribution in [2.24, 2.45) is 5.73 Å². The lowest BCUT2D eigenvalue weighted by atomic mass is 10.1. The summed E-state index contributed by atoms with van der Waals surface area (Å²) in [5, 5.41) is 8.49. The van der Waals surface area contributed by atoms with Gasteiger partial charge >= 0.3 is 0 Å². The van der Waals surface area contributed by atoms with Gasteiger partial charge in [-0.1, -0.05) is 0 Å². The standard InChI is InChI=1S/C8H6F3N3/c9-7(10)6-4(2-12)1-5(3-13)8(11)14-6/h1,7H,3,13H2. The van der Waals surface area contributed by atoms with Crippen LogP contribution < -0.4 is 5.73 Å². The van der Waals surface area contributed by atoms with Crippen LogP contribution >= 0.6 is 0 Å². The highest BCUT2D eigenvalue weighted by atomic mass is 19.3. The zero-order valence-corrected chi connectivity index (χ0v) is 6.97. The Morgan fingerprint density at radius 2 is 2.21 bits per heavy atom. The van der Waals surface area contributed by atoms with Gasteiger partial charge in [-0.05, 0) is 6.07 Å². The topological polar surface area (TPSA) is 62.7 Å². The summed E-state index contributed by atoms with van der Waals surface area (Å²) in [6.45, 7) is -0.184. The average Bonchev–Trinajstić information content (AvgIpc) is 2.17. The maximum absolute atomic E-state index is 12.9. The van der Waals surface area contributed by atoms with Gasteiger partial charge in [0.2, 0.25) is 5.95 Å². The Bertz CT molecular complexity index is 384. The lowest BCUT2D eigenvalue weighted by Gasteiger charge is -2.04. The number of alkyl halides is 2. The molecule has 0 atom stereocenters. The molecule has 0 aliphatic rings. The minimum absolute atomic E-state index is 0.0500. The third-order valence-corrected chi connectivity index (χ3v) is 1.63. The van der Waals surface area contributed by atoms with E-state index in [0.29, 0.717) is 0 Å². The minimum atomic E-state index is -2.97. The van der Waals surface area contributed by atoms with Crippen LogP contribution in [-0.4, -0.2) is 4.98 Å². The molecular weight excluding hydrogens is 195 g/mol. The van der Waals surface area contributed by atoms with Crippen LogP contribution in [0.4, 0.5) is 13.2 Å². The monoisotopic (exact) mass is 201 g/mol. The SMILES string of the molecule is N#Cc1cc(CN)c(F)nc1C(F)F. The largest absolute Gasteiger partial charge is 0.326 e. The van der Waals surface area contributed by atoms with Crippen LogP contribution in [0.5, 0.6) is 0 Å². The lowest BCUT2D eigenvalue weighted by Crippen LogP contribution is -2.06. The zero-order chi connectivity index (χ0) is 10.7. The van der Waals surface area contributed by atoms with Crippen LogP contribution in [0.2, 0.25) is 0 Å². The second-order valence-corrected chi connectivity index (χ2v) is 2.49. The summed E-state index contributed by atoms with van der Waals surface area (Å²) in [5.74, 6) is -1.05. The van der Waals surface area contributed by atoms with Crippen molar-refractivity contribution in [2.45, 2.75) is 13.0 Å². The lowest BCUT2D eigenvalue weighted by molar-refractivity contribution is 0.144. The Balaban J connectivity index is 3.33. The zero-order valence-electron chi connectivity index (χ0n) is 6.97. The van der Waals surface area contributed by atoms with Crippen LogP contribution in [0.1, 0.15) is 23.2 Å². The highest BCUT2D eigenvalue weighted by Crippen LogP contribution is 2.22. The smallest absolute Gasteiger partial charge is 0.281 e. The maximum Gasteiger partial charge on any atom is 0.281 e. The number of nitrogens with zero attached hydrogens (tertiary/aromatic N) is 2. The number of rotatable bonds is 2. The summed E-state index contributed by atoms with van der Waals surface area (Å²) in [5.41, 5.74) is 3.88. The average molecular weight is 201 g/mol. The van der Waals surface area contributed by atoms with Crippen LogP contribution in [0, 0.1) is 17.3 Å². The van der Waals surface area contributed by atoms with Crippen LogP contribution in [-0.2, 0) is 6.54 Å². The summed E-state index contributed by atoms with van der Waals surface area (Å²) in [4.78, 5) is 3.00. The number of hydrogen-bond donors (Lipinski definition) is 1. The first-order valence-electron chi connectivity index (χ1n) is 3.67. The Morgan fingerprint density at radius 3 is 2.64 bits per heavy atom. The molecule has 14 heavy (non-hydrogen) atoms. The number of nitriles is 1. The van der Waals surface area contributed by atoms with Gasteiger partial charge in [0, 0.05) is 12.1 Å². The van der Waals surface area contributed by atoms with E-state index >= 15 is 0 Å². The summed E-state index contributed by atoms with van der Waals surface area (Å²) in [6, 6.07) is 2.50. The fourth-order valence-corrected chi connectivity index (χ4v) is 0.945. The molecule has 0 aromatic carbocycles. The molecule has 0 amide bonds. The Morgan fingerprint density at radius 1 is 1.57 bits per heavy atom. The number of aromatic nitrogens is 1. The van der Waals surface area contributed by atoms with Crippen LogP contribution in [0.25, 0.3) is 0 Å². The predicted molar refractivity (Wildman–Crippen MR) is 41.8 cm³/mol. The maximum atomic E-state index is 12.9. The molecule has 1 aromatic rings. The van der Waals surface area contributed by atoms with Crippen molar-refractivity contribution < 1.29 is 13.2 Å². The van der Waals surface area contributed by atoms with E-state index in [1.807, 2.05) is 0 Å². The van der Waals surface area contributed by atoms with E-state index in [0.717, 1.165) is 6.07 Å². The van der Waals surface area contributed by atoms with Crippen LogP contribution in [0.15, 0.2) is 6.07 Å². The number of nitrogens with two attached hydrogens (primary N) is 1. The van der Waals surface area contributed by atoms with Gasteiger partial charge < -0.3 is 5.73 Å². The third kappa shape index (κ3) is 1.83. The van der Waals surface area contributed by atoms with E-state index in [-0.39, 0.29) is 17.7 Å². The summed E-state index contributed by atoms with van der Waals surface area (Å²) < 4.78 is 37.3. The van der Waals surface area contributed by atoms with Crippen molar-refractivity contribution in [1.82, 2.24) is 4.98 Å². The van der Waals surface area contributed by atoms with E-state index in [1.54, 1.807) is 0 Å². The first-order chi connectivity index (χ1) is 6.60. The van der Waals surface area contributed by atoms with Crippen molar-refractivity contribution in [3.63, 3.8) is 0 Å². The van der Waals surface area contributed by atoms with Gasteiger partial charge in [0.25, 0.3) is 6.43 Å². The van der Waals surface area contributed by atoms with Crippen molar-refractivity contribution in [3.05, 3.63) is 28.8 Å². The molecule has 0 aliphatic carbocycles. The molecule has 1 aromatic heterocycles. The molecule has 0 saturated carbocycles. The molecule has 0 unspecified atom stereocenters. The molecule has 6 heteroatoms. The van der Waals surface area contributed by atoms with Crippen LogP contribution in [0.3, 0.4) is 0 Å². The van der Waals surface area contributed by atoms with E-state index in [9.17, 15) is 13.2 Å². The van der Waals surface area contributed by atoms with Gasteiger partial charge in [-0.15, -0.1) is 0 Å². The van der Waals surface area contributed by atoms with Gasteiger partial charge in [-0.3, -0.25) is 0 Å². The van der Waals surface area contributed by atoms with Gasteiger partial charge in [0.1, 0.15) is 11.8 Å². The van der Waals surface area contributed by atoms with Crippen molar-refractivity contribution in [1.29, 1.82) is 5.26 Å². The second kappa shape index (κ2) is 4.07. The second-order valence-electron chi connectivity index (χ2n) is 2.49. The van der Waals surface area contributed by atoms with Gasteiger partial charge in [-0.2, -0.15) is 9.65 Å². The van der Waals surface area contributed by atoms with Gasteiger partial charge in [-0.25, -0.2) is 13.8 Å². The molecule has 1 rings (SSSR count). The molecule has 2 N–H and O–H groups in total. The molecule has 3 nitrogen and oxygen atoms in total. The van der Waals surface area contributed by atoms with Gasteiger partial charge in [0.05, 0.1) is 5.56 Å². The highest BCUT2D eigenvalue weighted by Gasteiger charge is 2.18. The Labute approximate surface area is 78.0 Å². The predicted octanol–water partition coefficient (Wildman–Crippen LogP) is 1.49. The third-order valence-electron chi connectivity index (χ3n) is 1.63. The normalized spacial score (nSPS) is 10.3. The minimum Gasteiger partial charge on any atom is -0.326 e. The molecule has 1 heterocycles. The molecule has 0 saturated heterocycles. The Kier molecular flexibility index (Phi) is 3.04. The molecule has 0 bridgehead atoms. The number of pyridine rings is 1. The highest BCUT2D eigenvalue weighted by molar-refractivity contribution is 5.36. The fourth-order valence-electron chi connectivity index (χ4n) is 0.945. The van der Waals surface area contributed by atoms with E-state index in [2.05, 4.69) is 4.98 Å². The van der Waals surface area contributed by atoms with E-state index in [4.69, 9.17) is 11.0 Å². The molecule has 0 aliphatic heterocycles. The number of hydrogen-bond acceptors (Lipinski definition) is 3. The first-order valence-corrected chi connectivity index (χ1v) is 3.67. The van der Waals surface area contributed by atoms with Gasteiger partial charge in [0.15, 0.2) is 0 Å². The molecule has 0 radical (unpaired) electrons. The van der Waals surface area contributed by atoms with Crippen molar-refractivity contribution >= 4 is 0 Å². The van der Waals surface area contributed by atoms with Crippen molar-refractivity contribution in [3.8, 4) is 6.07 Å². The summed E-state index contributed by atoms with van der Waals surface area (Å²) >= 11 is 0. The van der Waals surface area contributed by atoms with E-state index in [1.165, 1.54) is 6.07 Å². The van der Waals surface area contributed by atoms with E-state index < -0.39 is 18.1 Å². The van der Waals surface area contributed by atoms with Crippen molar-refractivity contribution in [2.75, 3.05) is 0 Å². The number of halogens is 3. The summed E-state index contributed by atoms with van der Waals surface area (Å²) in [6.07, 6.45) is -2.97. The first kappa shape index (κ1) is 10.5. The fraction of sp³-hybridized carbons (Fsp3) is 0.250. The quantitative estimate of drug-likeness (QED) is 0.737.